The van der Waals surface area contributed by atoms with Crippen LogP contribution in [0, 0.1) is 0 Å². The molecule has 0 atom stereocenters. The van der Waals surface area contributed by atoms with E-state index in [2.05, 4.69) is 35.9 Å². The average molecular weight is 415 g/mol. The van der Waals surface area contributed by atoms with Crippen LogP contribution in [0.4, 0.5) is 0 Å². The average Bonchev–Trinajstić information content (AvgIpc) is 3.03. The highest BCUT2D eigenvalue weighted by Gasteiger charge is 2.19. The number of H-pyrrole nitrogens is 3. The Labute approximate surface area is 157 Å². The number of aromatic amines is 3. The van der Waals surface area contributed by atoms with Crippen LogP contribution in [0.3, 0.4) is 0 Å². The van der Waals surface area contributed by atoms with Crippen LogP contribution in [0.25, 0.3) is 12.2 Å². The van der Waals surface area contributed by atoms with E-state index in [1.165, 1.54) is 0 Å². The lowest BCUT2D eigenvalue weighted by Gasteiger charge is -2.16. The quantitative estimate of drug-likeness (QED) is 0.592. The minimum atomic E-state index is -0.379. The zero-order chi connectivity index (χ0) is 18.9. The fourth-order valence-electron chi connectivity index (χ4n) is 2.57. The largest absolute Gasteiger partial charge is 0.348 e. The van der Waals surface area contributed by atoms with E-state index in [0.29, 0.717) is 5.69 Å². The normalized spacial score (nSPS) is 13.4. The van der Waals surface area contributed by atoms with Gasteiger partial charge in [0, 0.05) is 15.6 Å². The van der Waals surface area contributed by atoms with E-state index in [1.54, 1.807) is 18.5 Å². The van der Waals surface area contributed by atoms with Crippen LogP contribution >= 0.6 is 15.9 Å². The van der Waals surface area contributed by atoms with Crippen molar-refractivity contribution in [3.8, 4) is 0 Å². The van der Waals surface area contributed by atoms with Crippen molar-refractivity contribution in [3.63, 3.8) is 0 Å². The van der Waals surface area contributed by atoms with Crippen LogP contribution in [-0.2, 0) is 5.41 Å². The summed E-state index contributed by atoms with van der Waals surface area (Å²) in [6.07, 6.45) is 4.79. The molecule has 2 aromatic heterocycles. The monoisotopic (exact) mass is 414 g/mol. The maximum Gasteiger partial charge on any atom is 0.272 e. The predicted octanol–water partition coefficient (Wildman–Crippen LogP) is 1.50. The van der Waals surface area contributed by atoms with Crippen molar-refractivity contribution in [2.24, 2.45) is 0 Å². The van der Waals surface area contributed by atoms with Crippen molar-refractivity contribution in [3.05, 3.63) is 83.4 Å². The molecule has 0 aliphatic rings. The number of rotatable bonds is 2. The minimum absolute atomic E-state index is 0.162. The number of hydrogen-bond donors (Lipinski definition) is 3. The minimum Gasteiger partial charge on any atom is -0.348 e. The summed E-state index contributed by atoms with van der Waals surface area (Å²) in [5.41, 5.74) is 1.42. The summed E-state index contributed by atoms with van der Waals surface area (Å²) in [6, 6.07) is 7.43. The van der Waals surface area contributed by atoms with E-state index in [1.807, 2.05) is 45.0 Å². The Morgan fingerprint density at radius 1 is 0.962 bits per heavy atom. The van der Waals surface area contributed by atoms with E-state index < -0.39 is 0 Å². The molecule has 3 aromatic rings. The molecule has 0 spiro atoms. The zero-order valence-electron chi connectivity index (χ0n) is 14.7. The predicted molar refractivity (Wildman–Crippen MR) is 105 cm³/mol. The second kappa shape index (κ2) is 6.92. The molecule has 1 aromatic carbocycles. The molecule has 0 saturated carbocycles. The van der Waals surface area contributed by atoms with Crippen molar-refractivity contribution in [1.29, 1.82) is 0 Å². The Morgan fingerprint density at radius 3 is 2.12 bits per heavy atom. The van der Waals surface area contributed by atoms with Gasteiger partial charge in [0.15, 0.2) is 0 Å². The summed E-state index contributed by atoms with van der Waals surface area (Å²) in [7, 11) is 0. The van der Waals surface area contributed by atoms with Gasteiger partial charge in [0.05, 0.1) is 12.0 Å². The first kappa shape index (κ1) is 18.1. The topological polar surface area (TPSA) is 94.4 Å². The molecule has 0 unspecified atom stereocenters. The smallest absolute Gasteiger partial charge is 0.272 e. The zero-order valence-corrected chi connectivity index (χ0v) is 16.3. The van der Waals surface area contributed by atoms with Crippen LogP contribution in [-0.4, -0.2) is 19.9 Å². The molecule has 3 rings (SSSR count). The highest BCUT2D eigenvalue weighted by Crippen LogP contribution is 2.22. The molecule has 0 bridgehead atoms. The van der Waals surface area contributed by atoms with Gasteiger partial charge in [-0.25, -0.2) is 4.98 Å². The van der Waals surface area contributed by atoms with Gasteiger partial charge in [-0.05, 0) is 29.8 Å². The lowest BCUT2D eigenvalue weighted by molar-refractivity contribution is 0.571. The number of imidazole rings is 1. The number of halogens is 1. The Morgan fingerprint density at radius 2 is 1.54 bits per heavy atom. The second-order valence-corrected chi connectivity index (χ2v) is 7.90. The lowest BCUT2D eigenvalue weighted by atomic mass is 9.90. The highest BCUT2D eigenvalue weighted by molar-refractivity contribution is 9.10. The number of nitrogens with zero attached hydrogens (tertiary/aromatic N) is 1. The molecule has 0 aliphatic heterocycles. The molecule has 134 valence electrons. The molecular formula is C19H19BrN4O2. The van der Waals surface area contributed by atoms with E-state index in [4.69, 9.17) is 0 Å². The number of benzene rings is 1. The molecule has 6 nitrogen and oxygen atoms in total. The molecule has 0 fully saturated rings. The maximum absolute atomic E-state index is 12.4. The molecule has 0 saturated heterocycles. The van der Waals surface area contributed by atoms with Gasteiger partial charge in [0.2, 0.25) is 0 Å². The summed E-state index contributed by atoms with van der Waals surface area (Å²) in [5, 5.41) is 0.369. The number of aromatic nitrogens is 4. The molecule has 2 heterocycles. The molecule has 0 aliphatic carbocycles. The third-order valence-corrected chi connectivity index (χ3v) is 4.40. The molecule has 0 radical (unpaired) electrons. The molecule has 0 amide bonds. The van der Waals surface area contributed by atoms with Crippen molar-refractivity contribution >= 4 is 28.1 Å². The maximum atomic E-state index is 12.4. The second-order valence-electron chi connectivity index (χ2n) is 6.99. The van der Waals surface area contributed by atoms with Gasteiger partial charge in [-0.2, -0.15) is 0 Å². The van der Waals surface area contributed by atoms with Crippen LogP contribution in [0.2, 0.25) is 0 Å². The van der Waals surface area contributed by atoms with Crippen molar-refractivity contribution in [1.82, 2.24) is 19.9 Å². The number of nitrogens with one attached hydrogen (secondary N) is 3. The van der Waals surface area contributed by atoms with Gasteiger partial charge in [0.1, 0.15) is 10.7 Å². The van der Waals surface area contributed by atoms with Crippen LogP contribution in [0.1, 0.15) is 37.7 Å². The lowest BCUT2D eigenvalue weighted by Crippen LogP contribution is -2.46. The first-order chi connectivity index (χ1) is 12.2. The molecular weight excluding hydrogens is 396 g/mol. The third kappa shape index (κ3) is 3.94. The molecule has 7 heteroatoms. The van der Waals surface area contributed by atoms with Crippen LogP contribution < -0.4 is 21.8 Å². The van der Waals surface area contributed by atoms with E-state index in [9.17, 15) is 9.59 Å². The fourth-order valence-corrected chi connectivity index (χ4v) is 2.84. The van der Waals surface area contributed by atoms with Crippen LogP contribution in [0.5, 0.6) is 0 Å². The highest BCUT2D eigenvalue weighted by atomic mass is 79.9. The van der Waals surface area contributed by atoms with Gasteiger partial charge < -0.3 is 15.0 Å². The van der Waals surface area contributed by atoms with E-state index >= 15 is 0 Å². The third-order valence-electron chi connectivity index (χ3n) is 3.87. The number of hydrogen-bond acceptors (Lipinski definition) is 3. The van der Waals surface area contributed by atoms with E-state index in [0.717, 1.165) is 15.7 Å². The van der Waals surface area contributed by atoms with Gasteiger partial charge in [-0.3, -0.25) is 9.59 Å². The summed E-state index contributed by atoms with van der Waals surface area (Å²) < 4.78 is 0.940. The van der Waals surface area contributed by atoms with Gasteiger partial charge in [-0.1, -0.05) is 48.8 Å². The standard InChI is InChI=1S/C19H19BrN4O2/c1-19(2,3)16-13(21-10-22-16)9-15-18(26)23-14(17(25)24-15)8-11-4-6-12(20)7-5-11/h4-10H,1-3H3,(H,21,22)(H,23,26)(H,24,25). The summed E-state index contributed by atoms with van der Waals surface area (Å²) in [6.45, 7) is 6.13. The van der Waals surface area contributed by atoms with E-state index in [-0.39, 0.29) is 27.2 Å². The summed E-state index contributed by atoms with van der Waals surface area (Å²) >= 11 is 3.36. The van der Waals surface area contributed by atoms with Crippen LogP contribution in [0.15, 0.2) is 44.7 Å². The Kier molecular flexibility index (Phi) is 4.82. The molecule has 3 N–H and O–H groups in total. The Balaban J connectivity index is 2.12. The Hall–Kier alpha value is -2.67. The van der Waals surface area contributed by atoms with Gasteiger partial charge in [0.25, 0.3) is 11.1 Å². The van der Waals surface area contributed by atoms with Gasteiger partial charge in [-0.15, -0.1) is 0 Å². The fraction of sp³-hybridized carbons (Fsp3) is 0.211. The van der Waals surface area contributed by atoms with Crippen molar-refractivity contribution in [2.75, 3.05) is 0 Å². The summed E-state index contributed by atoms with van der Waals surface area (Å²) in [5.74, 6) is 0. The van der Waals surface area contributed by atoms with Crippen molar-refractivity contribution in [2.45, 2.75) is 26.2 Å². The first-order valence-electron chi connectivity index (χ1n) is 8.09. The molecule has 26 heavy (non-hydrogen) atoms. The van der Waals surface area contributed by atoms with Gasteiger partial charge >= 0.3 is 0 Å². The Bertz CT molecular complexity index is 1160. The summed E-state index contributed by atoms with van der Waals surface area (Å²) in [4.78, 5) is 37.4. The van der Waals surface area contributed by atoms with Crippen molar-refractivity contribution < 1.29 is 0 Å². The SMILES string of the molecule is CC(C)(C)c1[nH]cnc1C=c1[nH]c(=O)c(=Cc2ccc(Br)cc2)[nH]c1=O. The first-order valence-corrected chi connectivity index (χ1v) is 8.89.